The molecule has 13 rings (SSSR count). The molecule has 0 aliphatic heterocycles. The molecule has 4 bridgehead atoms. The van der Waals surface area contributed by atoms with E-state index in [2.05, 4.69) is 139 Å². The first-order chi connectivity index (χ1) is 27.2. The van der Waals surface area contributed by atoms with Crippen LogP contribution >= 0.6 is 0 Å². The average Bonchev–Trinajstić information content (AvgIpc) is 4.08. The number of rotatable bonds is 4. The van der Waals surface area contributed by atoms with Gasteiger partial charge in [0.1, 0.15) is 11.2 Å². The van der Waals surface area contributed by atoms with E-state index in [1.165, 1.54) is 108 Å². The maximum absolute atomic E-state index is 6.61. The van der Waals surface area contributed by atoms with Crippen molar-refractivity contribution in [3.05, 3.63) is 150 Å². The first-order valence-electron chi connectivity index (χ1n) is 21.3. The fourth-order valence-electron chi connectivity index (χ4n) is 14.2. The molecule has 0 radical (unpaired) electrons. The first-order valence-corrected chi connectivity index (χ1v) is 21.3. The lowest BCUT2D eigenvalue weighted by Gasteiger charge is -2.37. The molecule has 2 spiro atoms. The van der Waals surface area contributed by atoms with Gasteiger partial charge in [-0.3, -0.25) is 0 Å². The monoisotopic (exact) mass is 713 g/mol. The van der Waals surface area contributed by atoms with Crippen LogP contribution < -0.4 is 4.90 Å². The highest BCUT2D eigenvalue weighted by Crippen LogP contribution is 2.68. The van der Waals surface area contributed by atoms with Crippen LogP contribution in [0.15, 0.2) is 132 Å². The molecule has 4 saturated carbocycles. The van der Waals surface area contributed by atoms with Crippen molar-refractivity contribution in [3.63, 3.8) is 0 Å². The van der Waals surface area contributed by atoms with Crippen LogP contribution in [-0.2, 0) is 10.8 Å². The molecule has 7 atom stereocenters. The summed E-state index contributed by atoms with van der Waals surface area (Å²) in [5.74, 6) is 3.90. The van der Waals surface area contributed by atoms with E-state index in [1.54, 1.807) is 22.3 Å². The minimum Gasteiger partial charge on any atom is -0.456 e. The Labute approximate surface area is 324 Å². The van der Waals surface area contributed by atoms with Crippen molar-refractivity contribution < 1.29 is 4.42 Å². The number of benzene rings is 6. The van der Waals surface area contributed by atoms with Crippen molar-refractivity contribution in [1.29, 1.82) is 0 Å². The molecule has 0 N–H and O–H groups in total. The molecule has 7 aromatic rings. The number of hydrogen-bond donors (Lipinski definition) is 0. The van der Waals surface area contributed by atoms with Crippen molar-refractivity contribution in [2.75, 3.05) is 4.90 Å². The quantitative estimate of drug-likeness (QED) is 0.181. The third-order valence-corrected chi connectivity index (χ3v) is 16.1. The van der Waals surface area contributed by atoms with E-state index >= 15 is 0 Å². The summed E-state index contributed by atoms with van der Waals surface area (Å²) in [6.07, 6.45) is 12.1. The van der Waals surface area contributed by atoms with Crippen LogP contribution in [0.2, 0.25) is 0 Å². The number of nitrogens with zero attached hydrogens (tertiary/aromatic N) is 1. The molecule has 6 aliphatic carbocycles. The predicted octanol–water partition coefficient (Wildman–Crippen LogP) is 14.3. The Morgan fingerprint density at radius 1 is 0.564 bits per heavy atom. The van der Waals surface area contributed by atoms with Crippen LogP contribution in [0, 0.1) is 29.6 Å². The topological polar surface area (TPSA) is 16.4 Å². The summed E-state index contributed by atoms with van der Waals surface area (Å²) in [6.45, 7) is 2.42. The van der Waals surface area contributed by atoms with Crippen molar-refractivity contribution >= 4 is 39.0 Å². The minimum absolute atomic E-state index is 0.0866. The van der Waals surface area contributed by atoms with E-state index in [0.29, 0.717) is 11.8 Å². The lowest BCUT2D eigenvalue weighted by atomic mass is 9.67. The van der Waals surface area contributed by atoms with Gasteiger partial charge in [-0.05, 0) is 150 Å². The van der Waals surface area contributed by atoms with Crippen molar-refractivity contribution in [3.8, 4) is 22.3 Å². The second-order valence-corrected chi connectivity index (χ2v) is 18.4. The standard InChI is InChI=1S/C53H47NO/c1-2-32-25-34-28-36(26-32)53(31-34)43-15-7-4-12-40(43)50-44(53)16-9-17-46(50)54(47-18-10-20-49-51(47)41-13-5-8-19-48(41)55-49)37-23-24-39-38-11-3-6-14-42(38)52(45(39)29-37)30-33-21-22-35(52)27-33/h3-20,23-24,29,32-36H,2,21-22,25-28,30-31H2,1H3/t32?,33?,34?,35?,36-,52?,53+/m1/s1. The number of fused-ring (bicyclic) bond motifs is 19. The summed E-state index contributed by atoms with van der Waals surface area (Å²) in [7, 11) is 0. The van der Waals surface area contributed by atoms with Gasteiger partial charge >= 0.3 is 0 Å². The van der Waals surface area contributed by atoms with E-state index < -0.39 is 0 Å². The van der Waals surface area contributed by atoms with Crippen molar-refractivity contribution in [2.24, 2.45) is 29.6 Å². The van der Waals surface area contributed by atoms with Gasteiger partial charge in [0, 0.05) is 27.5 Å². The normalized spacial score (nSPS) is 29.0. The third-order valence-electron chi connectivity index (χ3n) is 16.1. The Bertz CT molecular complexity index is 2740. The Kier molecular flexibility index (Phi) is 6.25. The summed E-state index contributed by atoms with van der Waals surface area (Å²) < 4.78 is 6.61. The molecular formula is C53H47NO. The van der Waals surface area contributed by atoms with Gasteiger partial charge in [0.05, 0.1) is 16.8 Å². The largest absolute Gasteiger partial charge is 0.456 e. The van der Waals surface area contributed by atoms with Crippen LogP contribution in [0.25, 0.3) is 44.2 Å². The third kappa shape index (κ3) is 3.91. The van der Waals surface area contributed by atoms with Crippen LogP contribution in [0.4, 0.5) is 17.1 Å². The highest BCUT2D eigenvalue weighted by Gasteiger charge is 2.58. The maximum Gasteiger partial charge on any atom is 0.137 e. The van der Waals surface area contributed by atoms with E-state index in [1.807, 2.05) is 0 Å². The van der Waals surface area contributed by atoms with Gasteiger partial charge in [-0.15, -0.1) is 0 Å². The minimum atomic E-state index is 0.0866. The smallest absolute Gasteiger partial charge is 0.137 e. The van der Waals surface area contributed by atoms with Crippen LogP contribution in [0.5, 0.6) is 0 Å². The van der Waals surface area contributed by atoms with Crippen LogP contribution in [0.3, 0.4) is 0 Å². The Balaban J connectivity index is 1.09. The zero-order valence-electron chi connectivity index (χ0n) is 31.7. The van der Waals surface area contributed by atoms with Crippen molar-refractivity contribution in [2.45, 2.75) is 75.5 Å². The van der Waals surface area contributed by atoms with E-state index in [0.717, 1.165) is 28.9 Å². The molecule has 2 heteroatoms. The summed E-state index contributed by atoms with van der Waals surface area (Å²) in [5, 5.41) is 2.37. The molecule has 270 valence electrons. The summed E-state index contributed by atoms with van der Waals surface area (Å²) in [6, 6.07) is 49.2. The molecule has 55 heavy (non-hydrogen) atoms. The average molecular weight is 714 g/mol. The zero-order chi connectivity index (χ0) is 36.0. The van der Waals surface area contributed by atoms with Gasteiger partial charge in [-0.2, -0.15) is 0 Å². The van der Waals surface area contributed by atoms with Gasteiger partial charge in [0.2, 0.25) is 0 Å². The summed E-state index contributed by atoms with van der Waals surface area (Å²) in [4.78, 5) is 2.65. The molecule has 0 amide bonds. The van der Waals surface area contributed by atoms with Crippen molar-refractivity contribution in [1.82, 2.24) is 0 Å². The molecule has 0 saturated heterocycles. The molecule has 1 aromatic heterocycles. The molecule has 1 heterocycles. The van der Waals surface area contributed by atoms with Crippen LogP contribution in [0.1, 0.15) is 87.0 Å². The van der Waals surface area contributed by atoms with Gasteiger partial charge in [0.15, 0.2) is 0 Å². The molecular weight excluding hydrogens is 667 g/mol. The number of hydrogen-bond acceptors (Lipinski definition) is 2. The Hall–Kier alpha value is -5.08. The SMILES string of the molecule is CCC1CC2C[C@@H](C1)[C@@]1(C2)c2ccccc2-c2c(N(c3ccc4c(c3)C3(CC5CCC3C5)c3ccccc3-4)c3cccc4oc5ccccc5c34)cccc21. The zero-order valence-corrected chi connectivity index (χ0v) is 31.7. The first kappa shape index (κ1) is 31.2. The number of furan rings is 1. The molecule has 2 nitrogen and oxygen atoms in total. The Morgan fingerprint density at radius 2 is 1.25 bits per heavy atom. The van der Waals surface area contributed by atoms with Gasteiger partial charge in [-0.25, -0.2) is 0 Å². The second-order valence-electron chi connectivity index (χ2n) is 18.4. The number of para-hydroxylation sites is 1. The lowest BCUT2D eigenvalue weighted by Crippen LogP contribution is -2.32. The molecule has 4 fully saturated rings. The second kappa shape index (κ2) is 11.0. The highest BCUT2D eigenvalue weighted by molar-refractivity contribution is 6.14. The van der Waals surface area contributed by atoms with Gasteiger partial charge in [-0.1, -0.05) is 111 Å². The molecule has 6 aliphatic rings. The predicted molar refractivity (Wildman–Crippen MR) is 226 cm³/mol. The van der Waals surface area contributed by atoms with Gasteiger partial charge in [0.25, 0.3) is 0 Å². The lowest BCUT2D eigenvalue weighted by molar-refractivity contribution is 0.237. The van der Waals surface area contributed by atoms with E-state index in [9.17, 15) is 0 Å². The van der Waals surface area contributed by atoms with Crippen LogP contribution in [-0.4, -0.2) is 0 Å². The Morgan fingerprint density at radius 3 is 2.11 bits per heavy atom. The molecule has 6 aromatic carbocycles. The van der Waals surface area contributed by atoms with Gasteiger partial charge < -0.3 is 9.32 Å². The molecule has 5 unspecified atom stereocenters. The number of anilines is 3. The fraction of sp³-hybridized carbons (Fsp3) is 0.321. The summed E-state index contributed by atoms with van der Waals surface area (Å²) in [5.41, 5.74) is 17.9. The fourth-order valence-corrected chi connectivity index (χ4v) is 14.2. The van der Waals surface area contributed by atoms with E-state index in [4.69, 9.17) is 4.42 Å². The summed E-state index contributed by atoms with van der Waals surface area (Å²) >= 11 is 0. The highest BCUT2D eigenvalue weighted by atomic mass is 16.3. The van der Waals surface area contributed by atoms with E-state index in [-0.39, 0.29) is 10.8 Å². The maximum atomic E-state index is 6.61.